The van der Waals surface area contributed by atoms with Crippen molar-refractivity contribution in [2.24, 2.45) is 0 Å². The van der Waals surface area contributed by atoms with Gasteiger partial charge in [-0.2, -0.15) is 0 Å². The van der Waals surface area contributed by atoms with Crippen LogP contribution in [0.1, 0.15) is 6.42 Å². The normalized spacial score (nSPS) is 15.4. The first kappa shape index (κ1) is 13.8. The van der Waals surface area contributed by atoms with E-state index >= 15 is 0 Å². The van der Waals surface area contributed by atoms with Gasteiger partial charge in [-0.25, -0.2) is 0 Å². The highest BCUT2D eigenvalue weighted by molar-refractivity contribution is 4.54. The lowest BCUT2D eigenvalue weighted by Gasteiger charge is -2.12. The molecule has 2 atom stereocenters. The Morgan fingerprint density at radius 3 is 2.07 bits per heavy atom. The highest BCUT2D eigenvalue weighted by atomic mass is 16.5. The lowest BCUT2D eigenvalue weighted by Crippen LogP contribution is -2.23. The van der Waals surface area contributed by atoms with Crippen LogP contribution in [0.4, 0.5) is 0 Å². The number of rotatable bonds is 9. The molecule has 0 aliphatic rings. The van der Waals surface area contributed by atoms with E-state index in [-0.39, 0.29) is 13.2 Å². The first-order chi connectivity index (χ1) is 6.70. The lowest BCUT2D eigenvalue weighted by molar-refractivity contribution is -0.0198. The second kappa shape index (κ2) is 9.36. The average Bonchev–Trinajstić information content (AvgIpc) is 2.13. The van der Waals surface area contributed by atoms with Crippen LogP contribution in [0.2, 0.25) is 0 Å². The number of methoxy groups -OCH3 is 2. The van der Waals surface area contributed by atoms with Crippen LogP contribution in [0.5, 0.6) is 0 Å². The zero-order chi connectivity index (χ0) is 10.8. The van der Waals surface area contributed by atoms with Crippen molar-refractivity contribution >= 4 is 0 Å². The van der Waals surface area contributed by atoms with Gasteiger partial charge in [-0.05, 0) is 6.42 Å². The summed E-state index contributed by atoms with van der Waals surface area (Å²) < 4.78 is 14.6. The quantitative estimate of drug-likeness (QED) is 0.496. The summed E-state index contributed by atoms with van der Waals surface area (Å²) in [5, 5.41) is 18.4. The molecule has 0 fully saturated rings. The molecular formula is C9H20O5. The Kier molecular flexibility index (Phi) is 9.23. The third kappa shape index (κ3) is 8.40. The largest absolute Gasteiger partial charge is 0.391 e. The summed E-state index contributed by atoms with van der Waals surface area (Å²) in [5.41, 5.74) is 0. The Hall–Kier alpha value is -0.200. The summed E-state index contributed by atoms with van der Waals surface area (Å²) in [7, 11) is 3.05. The summed E-state index contributed by atoms with van der Waals surface area (Å²) >= 11 is 0. The minimum Gasteiger partial charge on any atom is -0.391 e. The summed E-state index contributed by atoms with van der Waals surface area (Å²) in [6, 6.07) is 0. The van der Waals surface area contributed by atoms with Crippen molar-refractivity contribution in [2.45, 2.75) is 18.6 Å². The fourth-order valence-electron chi connectivity index (χ4n) is 0.955. The van der Waals surface area contributed by atoms with E-state index in [1.807, 2.05) is 0 Å². The van der Waals surface area contributed by atoms with Crippen LogP contribution >= 0.6 is 0 Å². The Balaban J connectivity index is 3.19. The van der Waals surface area contributed by atoms with E-state index in [0.717, 1.165) is 0 Å². The van der Waals surface area contributed by atoms with Gasteiger partial charge in [-0.3, -0.25) is 0 Å². The molecule has 2 N–H and O–H groups in total. The fourth-order valence-corrected chi connectivity index (χ4v) is 0.955. The smallest absolute Gasteiger partial charge is 0.101 e. The molecule has 0 aliphatic heterocycles. The molecule has 0 aromatic carbocycles. The van der Waals surface area contributed by atoms with Crippen molar-refractivity contribution < 1.29 is 24.4 Å². The van der Waals surface area contributed by atoms with Gasteiger partial charge in [0.2, 0.25) is 0 Å². The van der Waals surface area contributed by atoms with Crippen LogP contribution in [-0.2, 0) is 14.2 Å². The van der Waals surface area contributed by atoms with Crippen molar-refractivity contribution in [3.8, 4) is 0 Å². The summed E-state index contributed by atoms with van der Waals surface area (Å²) in [5.74, 6) is 0. The maximum atomic E-state index is 9.23. The van der Waals surface area contributed by atoms with Crippen molar-refractivity contribution in [1.29, 1.82) is 0 Å². The second-order valence-electron chi connectivity index (χ2n) is 3.08. The standard InChI is InChI=1S/C9H20O5/c1-12-5-8(10)3-4-14-7-9(11)6-13-2/h8-11H,3-7H2,1-2H3. The maximum Gasteiger partial charge on any atom is 0.101 e. The molecule has 86 valence electrons. The molecule has 0 aromatic rings. The van der Waals surface area contributed by atoms with Crippen molar-refractivity contribution in [1.82, 2.24) is 0 Å². The van der Waals surface area contributed by atoms with E-state index in [0.29, 0.717) is 19.6 Å². The monoisotopic (exact) mass is 208 g/mol. The van der Waals surface area contributed by atoms with E-state index in [1.54, 1.807) is 0 Å². The van der Waals surface area contributed by atoms with Gasteiger partial charge >= 0.3 is 0 Å². The number of hydrogen-bond donors (Lipinski definition) is 2. The minimum atomic E-state index is -0.598. The Morgan fingerprint density at radius 1 is 0.929 bits per heavy atom. The molecule has 0 aromatic heterocycles. The minimum absolute atomic E-state index is 0.230. The average molecular weight is 208 g/mol. The van der Waals surface area contributed by atoms with E-state index in [9.17, 15) is 10.2 Å². The van der Waals surface area contributed by atoms with Crippen LogP contribution in [0.25, 0.3) is 0 Å². The van der Waals surface area contributed by atoms with E-state index < -0.39 is 12.2 Å². The first-order valence-corrected chi connectivity index (χ1v) is 4.62. The predicted molar refractivity (Wildman–Crippen MR) is 51.2 cm³/mol. The molecule has 0 spiro atoms. The Bertz CT molecular complexity index is 106. The SMILES string of the molecule is COCC(O)CCOCC(O)COC. The molecule has 0 amide bonds. The van der Waals surface area contributed by atoms with Gasteiger partial charge in [-0.1, -0.05) is 0 Å². The third-order valence-corrected chi connectivity index (χ3v) is 1.62. The highest BCUT2D eigenvalue weighted by Crippen LogP contribution is 1.94. The van der Waals surface area contributed by atoms with E-state index in [2.05, 4.69) is 0 Å². The van der Waals surface area contributed by atoms with Gasteiger partial charge in [0.1, 0.15) is 6.10 Å². The van der Waals surface area contributed by atoms with Crippen LogP contribution in [0, 0.1) is 0 Å². The maximum absolute atomic E-state index is 9.23. The van der Waals surface area contributed by atoms with Crippen LogP contribution in [0.3, 0.4) is 0 Å². The van der Waals surface area contributed by atoms with Gasteiger partial charge in [0.05, 0.1) is 25.9 Å². The molecule has 0 saturated heterocycles. The molecule has 0 saturated carbocycles. The molecule has 0 rings (SSSR count). The number of aliphatic hydroxyl groups is 2. The predicted octanol–water partition coefficient (Wildman–Crippen LogP) is -0.592. The molecule has 5 heteroatoms. The number of ether oxygens (including phenoxy) is 3. The molecule has 14 heavy (non-hydrogen) atoms. The molecule has 0 bridgehead atoms. The lowest BCUT2D eigenvalue weighted by atomic mass is 10.3. The molecule has 5 nitrogen and oxygen atoms in total. The Labute approximate surface area is 84.6 Å². The van der Waals surface area contributed by atoms with Gasteiger partial charge < -0.3 is 24.4 Å². The fraction of sp³-hybridized carbons (Fsp3) is 1.00. The van der Waals surface area contributed by atoms with Crippen LogP contribution in [-0.4, -0.2) is 63.1 Å². The van der Waals surface area contributed by atoms with E-state index in [1.165, 1.54) is 14.2 Å². The molecule has 0 radical (unpaired) electrons. The summed E-state index contributed by atoms with van der Waals surface area (Å²) in [6.45, 7) is 1.21. The molecule has 0 heterocycles. The van der Waals surface area contributed by atoms with Crippen molar-refractivity contribution in [3.63, 3.8) is 0 Å². The zero-order valence-electron chi connectivity index (χ0n) is 8.81. The van der Waals surface area contributed by atoms with Crippen LogP contribution < -0.4 is 0 Å². The zero-order valence-corrected chi connectivity index (χ0v) is 8.81. The topological polar surface area (TPSA) is 68.2 Å². The van der Waals surface area contributed by atoms with Crippen molar-refractivity contribution in [3.05, 3.63) is 0 Å². The van der Waals surface area contributed by atoms with Crippen molar-refractivity contribution in [2.75, 3.05) is 40.6 Å². The van der Waals surface area contributed by atoms with Gasteiger partial charge in [0.15, 0.2) is 0 Å². The van der Waals surface area contributed by atoms with Gasteiger partial charge in [-0.15, -0.1) is 0 Å². The molecule has 0 aliphatic carbocycles. The molecular weight excluding hydrogens is 188 g/mol. The van der Waals surface area contributed by atoms with Gasteiger partial charge in [0, 0.05) is 20.8 Å². The van der Waals surface area contributed by atoms with E-state index in [4.69, 9.17) is 14.2 Å². The summed E-state index contributed by atoms with van der Waals surface area (Å²) in [4.78, 5) is 0. The second-order valence-corrected chi connectivity index (χ2v) is 3.08. The molecule has 2 unspecified atom stereocenters. The number of aliphatic hydroxyl groups excluding tert-OH is 2. The summed E-state index contributed by atoms with van der Waals surface area (Å²) in [6.07, 6.45) is -0.591. The number of hydrogen-bond acceptors (Lipinski definition) is 5. The van der Waals surface area contributed by atoms with Crippen LogP contribution in [0.15, 0.2) is 0 Å². The highest BCUT2D eigenvalue weighted by Gasteiger charge is 2.05. The first-order valence-electron chi connectivity index (χ1n) is 4.62. The Morgan fingerprint density at radius 2 is 1.50 bits per heavy atom. The third-order valence-electron chi connectivity index (χ3n) is 1.62. The van der Waals surface area contributed by atoms with Gasteiger partial charge in [0.25, 0.3) is 0 Å².